The predicted octanol–water partition coefficient (Wildman–Crippen LogP) is 1.31. The van der Waals surface area contributed by atoms with E-state index in [1.54, 1.807) is 0 Å². The second kappa shape index (κ2) is 15.5. The Morgan fingerprint density at radius 3 is 0.737 bits per heavy atom. The molecule has 0 aromatic heterocycles. The molecule has 0 amide bonds. The van der Waals surface area contributed by atoms with E-state index in [2.05, 4.69) is 19.6 Å². The van der Waals surface area contributed by atoms with Crippen molar-refractivity contribution in [2.45, 2.75) is 37.1 Å². The van der Waals surface area contributed by atoms with Gasteiger partial charge in [-0.1, -0.05) is 37.1 Å². The van der Waals surface area contributed by atoms with Gasteiger partial charge in [0.05, 0.1) is 40.0 Å². The maximum Gasteiger partial charge on any atom is 0.106 e. The average Bonchev–Trinajstić information content (AvgIpc) is 2.05. The van der Waals surface area contributed by atoms with E-state index in [1.807, 2.05) is 6.79 Å². The third-order valence-corrected chi connectivity index (χ3v) is 2.40. The van der Waals surface area contributed by atoms with Crippen LogP contribution in [-0.4, -0.2) is 71.9 Å². The van der Waals surface area contributed by atoms with Crippen LogP contribution in [0.25, 0.3) is 0 Å². The predicted molar refractivity (Wildman–Crippen MR) is 86.0 cm³/mol. The molecule has 4 aliphatic rings. The maximum atomic E-state index is 8.00. The Hall–Kier alpha value is -0.570. The molecule has 0 atom stereocenters. The van der Waals surface area contributed by atoms with E-state index in [0.29, 0.717) is 0 Å². The Morgan fingerprint density at radius 2 is 0.632 bits per heavy atom. The Balaban J connectivity index is -0.0000000452. The van der Waals surface area contributed by atoms with E-state index in [4.69, 9.17) is 4.79 Å². The molecule has 0 unspecified atom stereocenters. The molecule has 0 radical (unpaired) electrons. The van der Waals surface area contributed by atoms with Crippen LogP contribution in [0.4, 0.5) is 0 Å². The largest absolute Gasteiger partial charge is 0.412 e. The van der Waals surface area contributed by atoms with Crippen molar-refractivity contribution in [2.75, 3.05) is 40.0 Å². The molecule has 7 nitrogen and oxygen atoms in total. The molecule has 124 valence electrons. The summed E-state index contributed by atoms with van der Waals surface area (Å²) < 4.78 is 0. The first-order chi connectivity index (χ1) is 5.90. The Bertz CT molecular complexity index is 127. The lowest BCUT2D eigenvalue weighted by Gasteiger charge is -2.56. The van der Waals surface area contributed by atoms with Gasteiger partial charge in [0.15, 0.2) is 0 Å². The van der Waals surface area contributed by atoms with Gasteiger partial charge in [0.2, 0.25) is 0 Å². The summed E-state index contributed by atoms with van der Waals surface area (Å²) in [5, 5.41) is 0. The van der Waals surface area contributed by atoms with E-state index in [0.717, 1.165) is 0 Å². The van der Waals surface area contributed by atoms with E-state index in [1.165, 1.54) is 40.0 Å². The summed E-state index contributed by atoms with van der Waals surface area (Å²) >= 11 is 0. The van der Waals surface area contributed by atoms with Crippen molar-refractivity contribution in [3.63, 3.8) is 0 Å². The lowest BCUT2D eigenvalue weighted by molar-refractivity contribution is -0.194. The summed E-state index contributed by atoms with van der Waals surface area (Å²) in [5.41, 5.74) is 0. The average molecular weight is 285 g/mol. The van der Waals surface area contributed by atoms with Gasteiger partial charge in [-0.15, -0.1) is 0 Å². The van der Waals surface area contributed by atoms with Crippen molar-refractivity contribution in [3.05, 3.63) is 0 Å². The molecule has 4 fully saturated rings. The number of hydrogen-bond donors (Lipinski definition) is 1. The SMILES string of the molecule is C.C.C.C.C.C1N2CN3CN1CN(C2)C3.C=O.N.O. The highest BCUT2D eigenvalue weighted by molar-refractivity contribution is 5.10. The van der Waals surface area contributed by atoms with E-state index in [9.17, 15) is 0 Å². The van der Waals surface area contributed by atoms with E-state index >= 15 is 0 Å². The fourth-order valence-electron chi connectivity index (χ4n) is 2.23. The van der Waals surface area contributed by atoms with Crippen molar-refractivity contribution < 1.29 is 10.3 Å². The topological polar surface area (TPSA) is 96.5 Å². The molecule has 4 aliphatic heterocycles. The quantitative estimate of drug-likeness (QED) is 0.721. The number of hydrogen-bond acceptors (Lipinski definition) is 6. The molecule has 19 heavy (non-hydrogen) atoms. The molecule has 0 aromatic rings. The molecule has 5 N–H and O–H groups in total. The van der Waals surface area contributed by atoms with Crippen molar-refractivity contribution >= 4 is 6.79 Å². The van der Waals surface area contributed by atoms with Crippen LogP contribution in [-0.2, 0) is 4.79 Å². The molecule has 0 spiro atoms. The van der Waals surface area contributed by atoms with Crippen LogP contribution >= 0.6 is 0 Å². The van der Waals surface area contributed by atoms with Gasteiger partial charge in [-0.05, 0) is 0 Å². The smallest absolute Gasteiger partial charge is 0.106 e. The minimum Gasteiger partial charge on any atom is -0.412 e. The van der Waals surface area contributed by atoms with Gasteiger partial charge in [-0.2, -0.15) is 0 Å². The molecule has 0 saturated carbocycles. The van der Waals surface area contributed by atoms with Crippen molar-refractivity contribution in [1.82, 2.24) is 25.8 Å². The van der Waals surface area contributed by atoms with Gasteiger partial charge >= 0.3 is 0 Å². The van der Waals surface area contributed by atoms with Gasteiger partial charge in [-0.25, -0.2) is 0 Å². The molecule has 0 aliphatic carbocycles. The fraction of sp³-hybridized carbons (Fsp3) is 0.917. The highest BCUT2D eigenvalue weighted by Crippen LogP contribution is 2.20. The van der Waals surface area contributed by atoms with E-state index < -0.39 is 0 Å². The molecular formula is C12H39N5O2. The van der Waals surface area contributed by atoms with Crippen molar-refractivity contribution in [2.24, 2.45) is 0 Å². The Morgan fingerprint density at radius 1 is 0.526 bits per heavy atom. The van der Waals surface area contributed by atoms with Crippen LogP contribution in [0.15, 0.2) is 0 Å². The van der Waals surface area contributed by atoms with Gasteiger partial charge in [0.1, 0.15) is 6.79 Å². The lowest BCUT2D eigenvalue weighted by atomic mass is 10.4. The normalized spacial score (nSPS) is 30.5. The summed E-state index contributed by atoms with van der Waals surface area (Å²) in [4.78, 5) is 17.9. The molecular weight excluding hydrogens is 246 g/mol. The number of nitrogens with zero attached hydrogens (tertiary/aromatic N) is 4. The van der Waals surface area contributed by atoms with Gasteiger partial charge in [0.25, 0.3) is 0 Å². The van der Waals surface area contributed by atoms with Gasteiger partial charge in [0, 0.05) is 0 Å². The minimum atomic E-state index is 0. The highest BCUT2D eigenvalue weighted by atomic mass is 16.1. The van der Waals surface area contributed by atoms with Gasteiger partial charge < -0.3 is 16.4 Å². The van der Waals surface area contributed by atoms with Crippen LogP contribution < -0.4 is 6.15 Å². The Kier molecular flexibility index (Phi) is 29.5. The van der Waals surface area contributed by atoms with E-state index in [-0.39, 0.29) is 48.8 Å². The maximum absolute atomic E-state index is 8.00. The van der Waals surface area contributed by atoms with Crippen LogP contribution in [0, 0.1) is 0 Å². The van der Waals surface area contributed by atoms with Crippen LogP contribution in [0.2, 0.25) is 0 Å². The highest BCUT2D eigenvalue weighted by Gasteiger charge is 2.36. The zero-order chi connectivity index (χ0) is 8.55. The first-order valence-corrected chi connectivity index (χ1v) is 4.08. The molecule has 0 aromatic carbocycles. The first kappa shape index (κ1) is 36.2. The monoisotopic (exact) mass is 285 g/mol. The van der Waals surface area contributed by atoms with Crippen LogP contribution in [0.1, 0.15) is 37.1 Å². The Labute approximate surface area is 121 Å². The minimum absolute atomic E-state index is 0. The van der Waals surface area contributed by atoms with Crippen LogP contribution in [0.5, 0.6) is 0 Å². The summed E-state index contributed by atoms with van der Waals surface area (Å²) in [6.07, 6.45) is 0. The second-order valence-corrected chi connectivity index (χ2v) is 3.53. The standard InChI is InChI=1S/C6H12N4.CH2O.5CH4.H3N.H2O/c1-7-2-9-4-8(1)5-10(3-7)6-9;1-2;;;;;;;/h1-6H2;1H2;5*1H4;1H3;1H2. The summed E-state index contributed by atoms with van der Waals surface area (Å²) in [6.45, 7) is 9.12. The molecule has 4 heterocycles. The third-order valence-electron chi connectivity index (χ3n) is 2.40. The van der Waals surface area contributed by atoms with Crippen molar-refractivity contribution in [1.29, 1.82) is 0 Å². The number of rotatable bonds is 0. The second-order valence-electron chi connectivity index (χ2n) is 3.53. The number of carbonyl (C=O) groups is 1. The lowest BCUT2D eigenvalue weighted by Crippen LogP contribution is -2.71. The summed E-state index contributed by atoms with van der Waals surface area (Å²) in [5.74, 6) is 0. The molecule has 4 rings (SSSR count). The molecule has 7 heteroatoms. The third kappa shape index (κ3) is 7.56. The molecule has 4 bridgehead atoms. The van der Waals surface area contributed by atoms with Crippen LogP contribution in [0.3, 0.4) is 0 Å². The molecule has 4 saturated heterocycles. The first-order valence-electron chi connectivity index (χ1n) is 4.08. The summed E-state index contributed by atoms with van der Waals surface area (Å²) in [7, 11) is 0. The summed E-state index contributed by atoms with van der Waals surface area (Å²) in [6, 6.07) is 0. The zero-order valence-electron chi connectivity index (χ0n) is 8.35. The fourth-order valence-corrected chi connectivity index (χ4v) is 2.23. The van der Waals surface area contributed by atoms with Crippen molar-refractivity contribution in [3.8, 4) is 0 Å². The zero-order valence-corrected chi connectivity index (χ0v) is 8.35. The number of carbonyl (C=O) groups excluding carboxylic acids is 1. The van der Waals surface area contributed by atoms with Gasteiger partial charge in [-0.3, -0.25) is 19.6 Å².